The van der Waals surface area contributed by atoms with Crippen molar-refractivity contribution in [1.29, 1.82) is 0 Å². The average Bonchev–Trinajstić information content (AvgIpc) is 3.69. The molecule has 1 aliphatic heterocycles. The van der Waals surface area contributed by atoms with E-state index in [1.165, 1.54) is 10.5 Å². The molecule has 0 aromatic rings. The van der Waals surface area contributed by atoms with Crippen LogP contribution in [0.4, 0.5) is 14.4 Å². The number of nitrogens with zero attached hydrogens (tertiary/aromatic N) is 1. The molecule has 0 spiro atoms. The number of alkyl carbamates (subject to hydrolysis) is 2. The normalized spacial score (nSPS) is 22.8. The number of carbonyl (C=O) groups excluding carboxylic acids is 8. The van der Waals surface area contributed by atoms with Crippen LogP contribution in [0.5, 0.6) is 0 Å². The lowest BCUT2D eigenvalue weighted by Crippen LogP contribution is -2.43. The number of hydrogen-bond donors (Lipinski definition) is 2. The van der Waals surface area contributed by atoms with Crippen LogP contribution in [0.25, 0.3) is 0 Å². The summed E-state index contributed by atoms with van der Waals surface area (Å²) in [5, 5.41) is 5.67. The van der Waals surface area contributed by atoms with Gasteiger partial charge in [-0.05, 0) is 101 Å². The van der Waals surface area contributed by atoms with Gasteiger partial charge in [-0.25, -0.2) is 19.3 Å². The molecule has 1 fully saturated rings. The van der Waals surface area contributed by atoms with E-state index in [0.717, 1.165) is 25.7 Å². The molecule has 1 saturated heterocycles. The lowest BCUT2D eigenvalue weighted by Gasteiger charge is -2.26. The van der Waals surface area contributed by atoms with E-state index in [9.17, 15) is 19.2 Å². The van der Waals surface area contributed by atoms with Crippen molar-refractivity contribution >= 4 is 36.5 Å². The molecule has 5 atom stereocenters. The Balaban J connectivity index is 0.000000652. The summed E-state index contributed by atoms with van der Waals surface area (Å²) >= 11 is 0. The Kier molecular flexibility index (Phi) is 18.2. The van der Waals surface area contributed by atoms with Crippen molar-refractivity contribution in [1.82, 2.24) is 15.5 Å². The Morgan fingerprint density at radius 1 is 0.755 bits per heavy atom. The first kappa shape index (κ1) is 44.5. The molecule has 0 saturated carbocycles. The third-order valence-corrected chi connectivity index (χ3v) is 6.58. The Morgan fingerprint density at radius 2 is 1.24 bits per heavy atom. The minimum atomic E-state index is -0.553. The molecule has 0 aromatic heterocycles. The molecular weight excluding hydrogens is 638 g/mol. The van der Waals surface area contributed by atoms with Gasteiger partial charge in [-0.3, -0.25) is 4.79 Å². The predicted octanol–water partition coefficient (Wildman–Crippen LogP) is 5.64. The molecule has 4 aliphatic rings. The second-order valence-corrected chi connectivity index (χ2v) is 14.8. The van der Waals surface area contributed by atoms with Gasteiger partial charge in [-0.1, -0.05) is 42.9 Å². The second-order valence-electron chi connectivity index (χ2n) is 14.8. The van der Waals surface area contributed by atoms with Crippen LogP contribution in [-0.4, -0.2) is 76.3 Å². The second kappa shape index (κ2) is 20.1. The number of fused-ring (bicyclic) bond motifs is 2. The van der Waals surface area contributed by atoms with E-state index in [1.54, 1.807) is 20.8 Å². The molecular formula is C35H53N3O11. The van der Waals surface area contributed by atoms with E-state index in [4.69, 9.17) is 33.4 Å². The molecule has 0 aromatic carbocycles. The fourth-order valence-electron chi connectivity index (χ4n) is 4.86. The number of amides is 4. The zero-order chi connectivity index (χ0) is 38.2. The summed E-state index contributed by atoms with van der Waals surface area (Å²) in [5.74, 6) is 0.314. The highest BCUT2D eigenvalue weighted by Crippen LogP contribution is 2.33. The number of hydrogen-bond acceptors (Lipinski definition) is 11. The van der Waals surface area contributed by atoms with Crippen molar-refractivity contribution in [3.8, 4) is 0 Å². The molecule has 3 aliphatic carbocycles. The van der Waals surface area contributed by atoms with E-state index < -0.39 is 22.9 Å². The minimum absolute atomic E-state index is 0.0858. The summed E-state index contributed by atoms with van der Waals surface area (Å²) in [6.45, 7) is 20.8. The summed E-state index contributed by atoms with van der Waals surface area (Å²) < 4.78 is 15.5. The fourth-order valence-corrected chi connectivity index (χ4v) is 4.86. The van der Waals surface area contributed by atoms with Crippen LogP contribution in [0.1, 0.15) is 102 Å². The molecule has 2 bridgehead atoms. The summed E-state index contributed by atoms with van der Waals surface area (Å²) in [7, 11) is 0. The number of ether oxygens (including phenoxy) is 3. The van der Waals surface area contributed by atoms with Gasteiger partial charge in [0, 0.05) is 6.04 Å². The van der Waals surface area contributed by atoms with Crippen LogP contribution in [0.2, 0.25) is 0 Å². The van der Waals surface area contributed by atoms with Gasteiger partial charge >= 0.3 is 30.6 Å². The van der Waals surface area contributed by atoms with Crippen LogP contribution in [0.3, 0.4) is 0 Å². The highest BCUT2D eigenvalue weighted by atomic mass is 16.6. The van der Waals surface area contributed by atoms with Gasteiger partial charge in [0.2, 0.25) is 5.91 Å². The van der Waals surface area contributed by atoms with Crippen molar-refractivity contribution in [2.24, 2.45) is 11.8 Å². The lowest BCUT2D eigenvalue weighted by molar-refractivity contribution is -0.193. The Labute approximate surface area is 289 Å². The van der Waals surface area contributed by atoms with Crippen molar-refractivity contribution in [2.75, 3.05) is 0 Å². The molecule has 1 heterocycles. The zero-order valence-electron chi connectivity index (χ0n) is 30.5. The molecule has 4 rings (SSSR count). The van der Waals surface area contributed by atoms with Crippen LogP contribution in [-0.2, 0) is 38.2 Å². The molecule has 2 N–H and O–H groups in total. The van der Waals surface area contributed by atoms with Crippen LogP contribution >= 0.6 is 0 Å². The third kappa shape index (κ3) is 19.8. The smallest absolute Gasteiger partial charge is 0.417 e. The van der Waals surface area contributed by atoms with E-state index in [-0.39, 0.29) is 54.4 Å². The number of likely N-dealkylation sites (tertiary alicyclic amines) is 1. The summed E-state index contributed by atoms with van der Waals surface area (Å²) in [5.41, 5.74) is -0.0439. The minimum Gasteiger partial charge on any atom is -0.444 e. The maximum Gasteiger partial charge on any atom is 0.417 e. The largest absolute Gasteiger partial charge is 0.444 e. The maximum absolute atomic E-state index is 11.7. The number of nitrogens with one attached hydrogen (secondary N) is 2. The first-order valence-corrected chi connectivity index (χ1v) is 16.0. The van der Waals surface area contributed by atoms with Crippen LogP contribution in [0, 0.1) is 11.8 Å². The molecule has 0 radical (unpaired) electrons. The van der Waals surface area contributed by atoms with E-state index in [0.29, 0.717) is 5.92 Å². The van der Waals surface area contributed by atoms with Crippen molar-refractivity contribution < 1.29 is 52.6 Å². The summed E-state index contributed by atoms with van der Waals surface area (Å²) in [6, 6.07) is 0.280. The molecule has 14 nitrogen and oxygen atoms in total. The zero-order valence-corrected chi connectivity index (χ0v) is 30.5. The van der Waals surface area contributed by atoms with Gasteiger partial charge in [0.1, 0.15) is 16.8 Å². The summed E-state index contributed by atoms with van der Waals surface area (Å²) in [6.07, 6.45) is 12.9. The van der Waals surface area contributed by atoms with Crippen LogP contribution < -0.4 is 10.6 Å². The standard InChI is InChI=1S/C11H15NO3.2C11H19NO2.2CO2/c1-11(2,3)15-10(14)12-8-5-4-7(6-8)9(12)13;2*1-8-5-6-9(7-8)12-10(13)14-11(2,3)4;2*2-1-3/h4-5,7-8H,6H2,1-3H3;5,9H,6-7H2,1-4H3,(H,12,13);5-6,8-9H,7H2,1-4H3,(H,12,13);;/t7-,8+;9-;8?,9-;;/m011../s1. The SMILES string of the molecule is CC(C)(C)OC(=O)N1C(=O)[C@H]2C=C[C@@H]1C2.CC1=CC[C@@H](NC(=O)OC(C)(C)C)C1.CC1C=C[C@@H](NC(=O)OC(C)(C)C)C1.O=C=O.O=C=O. The number of rotatable bonds is 2. The van der Waals surface area contributed by atoms with Gasteiger partial charge in [0.05, 0.1) is 18.0 Å². The first-order valence-electron chi connectivity index (χ1n) is 16.0. The van der Waals surface area contributed by atoms with Gasteiger partial charge in [0.15, 0.2) is 0 Å². The lowest BCUT2D eigenvalue weighted by atomic mass is 10.1. The first-order chi connectivity index (χ1) is 22.4. The highest BCUT2D eigenvalue weighted by Gasteiger charge is 2.45. The van der Waals surface area contributed by atoms with Crippen molar-refractivity contribution in [2.45, 2.75) is 137 Å². The number of imide groups is 1. The average molecular weight is 692 g/mol. The Morgan fingerprint density at radius 3 is 1.61 bits per heavy atom. The fraction of sp³-hybridized carbons (Fsp3) is 0.657. The van der Waals surface area contributed by atoms with E-state index in [2.05, 4.69) is 36.6 Å². The van der Waals surface area contributed by atoms with Gasteiger partial charge in [-0.2, -0.15) is 19.2 Å². The van der Waals surface area contributed by atoms with Crippen LogP contribution in [0.15, 0.2) is 36.0 Å². The van der Waals surface area contributed by atoms with E-state index in [1.807, 2.05) is 59.8 Å². The monoisotopic (exact) mass is 691 g/mol. The van der Waals surface area contributed by atoms with Gasteiger partial charge in [0.25, 0.3) is 0 Å². The van der Waals surface area contributed by atoms with E-state index >= 15 is 0 Å². The Bertz CT molecular complexity index is 1270. The third-order valence-electron chi connectivity index (χ3n) is 6.58. The van der Waals surface area contributed by atoms with Crippen molar-refractivity contribution in [3.63, 3.8) is 0 Å². The van der Waals surface area contributed by atoms with Crippen molar-refractivity contribution in [3.05, 3.63) is 36.0 Å². The highest BCUT2D eigenvalue weighted by molar-refractivity contribution is 5.98. The topological polar surface area (TPSA) is 192 Å². The van der Waals surface area contributed by atoms with Gasteiger partial charge in [-0.15, -0.1) is 0 Å². The number of allylic oxidation sites excluding steroid dienone is 1. The molecule has 49 heavy (non-hydrogen) atoms. The molecule has 4 amide bonds. The Hall–Kier alpha value is -4.54. The van der Waals surface area contributed by atoms with Gasteiger partial charge < -0.3 is 24.8 Å². The molecule has 274 valence electrons. The number of carbonyl (C=O) groups is 4. The molecule has 1 unspecified atom stereocenters. The maximum atomic E-state index is 11.7. The quantitative estimate of drug-likeness (QED) is 0.269. The summed E-state index contributed by atoms with van der Waals surface area (Å²) in [4.78, 5) is 79.8. The molecule has 14 heteroatoms. The predicted molar refractivity (Wildman–Crippen MR) is 176 cm³/mol.